The van der Waals surface area contributed by atoms with E-state index in [1.165, 1.54) is 25.7 Å². The molecule has 1 N–H and O–H groups in total. The van der Waals surface area contributed by atoms with E-state index in [1.54, 1.807) is 12.1 Å². The third-order valence-electron chi connectivity index (χ3n) is 7.39. The van der Waals surface area contributed by atoms with Gasteiger partial charge in [0.25, 0.3) is 0 Å². The van der Waals surface area contributed by atoms with Crippen LogP contribution in [-0.4, -0.2) is 23.7 Å². The largest absolute Gasteiger partial charge is 0.481 e. The van der Waals surface area contributed by atoms with Gasteiger partial charge in [0.2, 0.25) is 0 Å². The molecule has 38 heavy (non-hydrogen) atoms. The topological polar surface area (TPSA) is 72.8 Å². The molecule has 0 fully saturated rings. The van der Waals surface area contributed by atoms with Crippen LogP contribution < -0.4 is 0 Å². The summed E-state index contributed by atoms with van der Waals surface area (Å²) in [6, 6.07) is 24.7. The Morgan fingerprint density at radius 3 is 2.21 bits per heavy atom. The molecular formula is C33H38O5. The molecule has 0 saturated carbocycles. The first-order valence-corrected chi connectivity index (χ1v) is 13.8. The third kappa shape index (κ3) is 6.90. The number of carbonyl (C=O) groups is 2. The lowest BCUT2D eigenvalue weighted by molar-refractivity contribution is -0.149. The molecule has 200 valence electrons. The van der Waals surface area contributed by atoms with Crippen LogP contribution >= 0.6 is 0 Å². The van der Waals surface area contributed by atoms with Crippen molar-refractivity contribution in [2.24, 2.45) is 11.8 Å². The number of benzene rings is 3. The third-order valence-corrected chi connectivity index (χ3v) is 7.39. The number of hydrogen-bond acceptors (Lipinski definition) is 4. The number of rotatable bonds is 12. The van der Waals surface area contributed by atoms with Gasteiger partial charge >= 0.3 is 11.9 Å². The van der Waals surface area contributed by atoms with Crippen LogP contribution in [0.15, 0.2) is 78.9 Å². The van der Waals surface area contributed by atoms with Crippen molar-refractivity contribution in [2.45, 2.75) is 64.6 Å². The lowest BCUT2D eigenvalue weighted by atomic mass is 9.79. The molecule has 1 aliphatic carbocycles. The van der Waals surface area contributed by atoms with Crippen LogP contribution in [0, 0.1) is 11.8 Å². The average molecular weight is 515 g/mol. The zero-order valence-electron chi connectivity index (χ0n) is 22.3. The number of fused-ring (bicyclic) bond motifs is 1. The fourth-order valence-corrected chi connectivity index (χ4v) is 5.19. The Balaban J connectivity index is 1.47. The predicted octanol–water partition coefficient (Wildman–Crippen LogP) is 8.02. The van der Waals surface area contributed by atoms with Crippen molar-refractivity contribution in [1.82, 2.24) is 0 Å². The molecule has 0 aromatic heterocycles. The van der Waals surface area contributed by atoms with Crippen LogP contribution in [0.3, 0.4) is 0 Å². The first-order chi connectivity index (χ1) is 18.5. The molecule has 0 bridgehead atoms. The zero-order valence-corrected chi connectivity index (χ0v) is 22.3. The van der Waals surface area contributed by atoms with Crippen molar-refractivity contribution in [3.8, 4) is 11.1 Å². The van der Waals surface area contributed by atoms with Crippen molar-refractivity contribution in [1.29, 1.82) is 0 Å². The monoisotopic (exact) mass is 514 g/mol. The number of aliphatic carboxylic acids is 1. The second kappa shape index (κ2) is 13.4. The Labute approximate surface area is 225 Å². The SMILES string of the molecule is CCCCCCC(C)COC1CC(C(=O)O)C(OC(=O)c2ccc(-c3ccccc3)cc2)c2ccccc21. The molecule has 5 nitrogen and oxygen atoms in total. The Morgan fingerprint density at radius 2 is 1.53 bits per heavy atom. The molecule has 4 rings (SSSR count). The normalized spacial score (nSPS) is 19.4. The van der Waals surface area contributed by atoms with E-state index in [9.17, 15) is 14.7 Å². The zero-order chi connectivity index (χ0) is 26.9. The van der Waals surface area contributed by atoms with Gasteiger partial charge in [0.15, 0.2) is 0 Å². The van der Waals surface area contributed by atoms with Crippen LogP contribution in [0.5, 0.6) is 0 Å². The minimum absolute atomic E-state index is 0.264. The molecule has 0 spiro atoms. The Kier molecular flexibility index (Phi) is 9.72. The number of unbranched alkanes of at least 4 members (excludes halogenated alkanes) is 3. The van der Waals surface area contributed by atoms with Gasteiger partial charge < -0.3 is 14.6 Å². The summed E-state index contributed by atoms with van der Waals surface area (Å²) in [6.45, 7) is 4.97. The molecule has 4 unspecified atom stereocenters. The minimum atomic E-state index is -0.988. The lowest BCUT2D eigenvalue weighted by Crippen LogP contribution is -2.33. The summed E-state index contributed by atoms with van der Waals surface area (Å²) in [5.74, 6) is -2.01. The van der Waals surface area contributed by atoms with Crippen LogP contribution in [0.4, 0.5) is 0 Å². The molecule has 0 amide bonds. The summed E-state index contributed by atoms with van der Waals surface area (Å²) >= 11 is 0. The maximum Gasteiger partial charge on any atom is 0.338 e. The predicted molar refractivity (Wildman–Crippen MR) is 149 cm³/mol. The highest BCUT2D eigenvalue weighted by atomic mass is 16.5. The molecule has 1 aliphatic rings. The second-order valence-corrected chi connectivity index (χ2v) is 10.4. The molecule has 0 aliphatic heterocycles. The number of carboxylic acid groups (broad SMARTS) is 1. The van der Waals surface area contributed by atoms with E-state index in [4.69, 9.17) is 9.47 Å². The van der Waals surface area contributed by atoms with E-state index < -0.39 is 24.0 Å². The van der Waals surface area contributed by atoms with Gasteiger partial charge in [0, 0.05) is 6.61 Å². The van der Waals surface area contributed by atoms with Gasteiger partial charge in [-0.2, -0.15) is 0 Å². The highest BCUT2D eigenvalue weighted by Gasteiger charge is 2.42. The average Bonchev–Trinajstić information content (AvgIpc) is 2.95. The van der Waals surface area contributed by atoms with E-state index in [-0.39, 0.29) is 12.5 Å². The highest BCUT2D eigenvalue weighted by Crippen LogP contribution is 2.44. The lowest BCUT2D eigenvalue weighted by Gasteiger charge is -2.36. The fourth-order valence-electron chi connectivity index (χ4n) is 5.19. The van der Waals surface area contributed by atoms with E-state index in [0.29, 0.717) is 23.7 Å². The molecule has 5 heteroatoms. The van der Waals surface area contributed by atoms with Crippen molar-refractivity contribution in [3.63, 3.8) is 0 Å². The fraction of sp³-hybridized carbons (Fsp3) is 0.394. The van der Waals surface area contributed by atoms with Crippen molar-refractivity contribution < 1.29 is 24.2 Å². The van der Waals surface area contributed by atoms with Crippen molar-refractivity contribution >= 4 is 11.9 Å². The molecule has 0 saturated heterocycles. The van der Waals surface area contributed by atoms with Gasteiger partial charge in [-0.15, -0.1) is 0 Å². The standard InChI is InChI=1S/C33H38O5/c1-3-4-5-7-12-23(2)22-37-30-21-29(32(34)35)31(28-16-11-10-15-27(28)30)38-33(36)26-19-17-25(18-20-26)24-13-8-6-9-14-24/h6,8-11,13-20,23,29-31H,3-5,7,12,21-22H2,1-2H3,(H,34,35). The van der Waals surface area contributed by atoms with E-state index in [2.05, 4.69) is 13.8 Å². The summed E-state index contributed by atoms with van der Waals surface area (Å²) in [5.41, 5.74) is 4.05. The number of esters is 1. The molecule has 3 aromatic rings. The molecule has 0 radical (unpaired) electrons. The summed E-state index contributed by atoms with van der Waals surface area (Å²) in [6.07, 6.45) is 5.02. The number of ether oxygens (including phenoxy) is 2. The van der Waals surface area contributed by atoms with E-state index in [1.807, 2.05) is 66.7 Å². The second-order valence-electron chi connectivity index (χ2n) is 10.4. The van der Waals surface area contributed by atoms with E-state index >= 15 is 0 Å². The summed E-state index contributed by atoms with van der Waals surface area (Å²) in [7, 11) is 0. The molecule has 4 atom stereocenters. The van der Waals surface area contributed by atoms with Gasteiger partial charge in [-0.05, 0) is 53.1 Å². The number of hydrogen-bond donors (Lipinski definition) is 1. The highest BCUT2D eigenvalue weighted by molar-refractivity contribution is 5.90. The Bertz CT molecular complexity index is 1190. The molecular weight excluding hydrogens is 476 g/mol. The Morgan fingerprint density at radius 1 is 0.868 bits per heavy atom. The quantitative estimate of drug-likeness (QED) is 0.196. The molecule has 3 aromatic carbocycles. The van der Waals surface area contributed by atoms with Crippen LogP contribution in [0.1, 0.15) is 86.1 Å². The van der Waals surface area contributed by atoms with Gasteiger partial charge in [-0.25, -0.2) is 4.79 Å². The smallest absolute Gasteiger partial charge is 0.338 e. The maximum atomic E-state index is 13.1. The summed E-state index contributed by atoms with van der Waals surface area (Å²) in [4.78, 5) is 25.5. The van der Waals surface area contributed by atoms with Crippen molar-refractivity contribution in [3.05, 3.63) is 95.6 Å². The minimum Gasteiger partial charge on any atom is -0.481 e. The first kappa shape index (κ1) is 27.6. The van der Waals surface area contributed by atoms with Gasteiger partial charge in [0.05, 0.1) is 11.7 Å². The van der Waals surface area contributed by atoms with Crippen LogP contribution in [0.2, 0.25) is 0 Å². The Hall–Kier alpha value is -3.44. The van der Waals surface area contributed by atoms with E-state index in [0.717, 1.165) is 23.1 Å². The number of carboxylic acids is 1. The van der Waals surface area contributed by atoms with Gasteiger partial charge in [-0.3, -0.25) is 4.79 Å². The van der Waals surface area contributed by atoms with Crippen LogP contribution in [0.25, 0.3) is 11.1 Å². The first-order valence-electron chi connectivity index (χ1n) is 13.8. The van der Waals surface area contributed by atoms with Crippen LogP contribution in [-0.2, 0) is 14.3 Å². The number of carbonyl (C=O) groups excluding carboxylic acids is 1. The van der Waals surface area contributed by atoms with Gasteiger partial charge in [-0.1, -0.05) is 106 Å². The van der Waals surface area contributed by atoms with Crippen molar-refractivity contribution in [2.75, 3.05) is 6.61 Å². The maximum absolute atomic E-state index is 13.1. The van der Waals surface area contributed by atoms with Gasteiger partial charge in [0.1, 0.15) is 12.0 Å². The summed E-state index contributed by atoms with van der Waals surface area (Å²) in [5, 5.41) is 10.1. The molecule has 0 heterocycles. The summed E-state index contributed by atoms with van der Waals surface area (Å²) < 4.78 is 12.2.